The molecule has 0 radical (unpaired) electrons. The molecule has 0 saturated heterocycles. The molecule has 0 bridgehead atoms. The molecular weight excluding hydrogens is 657 g/mol. The van der Waals surface area contributed by atoms with Crippen molar-refractivity contribution < 1.29 is 9.13 Å². The molecule has 0 atom stereocenters. The maximum atomic E-state index is 2.58. The highest BCUT2D eigenvalue weighted by Gasteiger charge is 2.17. The predicted octanol–water partition coefficient (Wildman–Crippen LogP) is 15.0. The van der Waals surface area contributed by atoms with Crippen LogP contribution in [-0.4, -0.2) is 9.13 Å². The molecule has 0 saturated carbocycles. The molecule has 0 aromatic carbocycles. The highest BCUT2D eigenvalue weighted by Crippen LogP contribution is 2.16. The summed E-state index contributed by atoms with van der Waals surface area (Å²) in [5.74, 6) is 3.12. The zero-order valence-corrected chi connectivity index (χ0v) is 37.4. The van der Waals surface area contributed by atoms with Crippen LogP contribution in [-0.2, 0) is 39.0 Å². The number of rotatable bonds is 41. The van der Waals surface area contributed by atoms with Gasteiger partial charge in [0.05, 0.1) is 26.2 Å². The molecular formula is C50H96N4+2. The summed E-state index contributed by atoms with van der Waals surface area (Å²) in [5.41, 5.74) is 0. The van der Waals surface area contributed by atoms with E-state index in [9.17, 15) is 0 Å². The van der Waals surface area contributed by atoms with Crippen LogP contribution in [0.25, 0.3) is 0 Å². The van der Waals surface area contributed by atoms with Crippen molar-refractivity contribution in [2.75, 3.05) is 0 Å². The quantitative estimate of drug-likeness (QED) is 0.0475. The normalized spacial score (nSPS) is 11.7. The lowest BCUT2D eigenvalue weighted by molar-refractivity contribution is -0.705. The van der Waals surface area contributed by atoms with E-state index in [1.165, 1.54) is 244 Å². The van der Waals surface area contributed by atoms with E-state index in [1.807, 2.05) is 0 Å². The average Bonchev–Trinajstić information content (AvgIpc) is 3.78. The van der Waals surface area contributed by atoms with Crippen molar-refractivity contribution in [3.05, 3.63) is 36.4 Å². The molecule has 0 aliphatic rings. The summed E-state index contributed by atoms with van der Waals surface area (Å²) in [6, 6.07) is 0. The van der Waals surface area contributed by atoms with Crippen molar-refractivity contribution in [3.8, 4) is 0 Å². The van der Waals surface area contributed by atoms with Gasteiger partial charge in [-0.25, -0.2) is 18.3 Å². The molecule has 0 aliphatic carbocycles. The Hall–Kier alpha value is -1.58. The summed E-state index contributed by atoms with van der Waals surface area (Å²) in [4.78, 5) is 0. The van der Waals surface area contributed by atoms with E-state index < -0.39 is 0 Å². The van der Waals surface area contributed by atoms with Crippen LogP contribution >= 0.6 is 0 Å². The average molecular weight is 753 g/mol. The number of unbranched alkanes of at least 4 members (excludes halogenated alkanes) is 31. The minimum atomic E-state index is 1.09. The Balaban J connectivity index is 1.50. The fraction of sp³-hybridized carbons (Fsp3) is 0.880. The molecule has 0 spiro atoms. The van der Waals surface area contributed by atoms with Gasteiger partial charge in [-0.2, -0.15) is 0 Å². The first-order valence-electron chi connectivity index (χ1n) is 24.9. The second kappa shape index (κ2) is 35.8. The fourth-order valence-electron chi connectivity index (χ4n) is 8.78. The SMILES string of the molecule is CCCCCCCCCCCCCCCCCc1n(CC)cc[n+]1CCCCCC[n+]1ccn(CC)c1CCCCCCCCCCCCCCCCC. The summed E-state index contributed by atoms with van der Waals surface area (Å²) in [7, 11) is 0. The van der Waals surface area contributed by atoms with E-state index in [4.69, 9.17) is 0 Å². The van der Waals surface area contributed by atoms with Gasteiger partial charge in [0, 0.05) is 12.8 Å². The van der Waals surface area contributed by atoms with Crippen molar-refractivity contribution >= 4 is 0 Å². The van der Waals surface area contributed by atoms with Crippen LogP contribution in [0.3, 0.4) is 0 Å². The van der Waals surface area contributed by atoms with Crippen molar-refractivity contribution in [2.24, 2.45) is 0 Å². The van der Waals surface area contributed by atoms with Crippen LogP contribution in [0.4, 0.5) is 0 Å². The Morgan fingerprint density at radius 3 is 0.815 bits per heavy atom. The van der Waals surface area contributed by atoms with Gasteiger partial charge in [0.1, 0.15) is 24.8 Å². The van der Waals surface area contributed by atoms with Gasteiger partial charge < -0.3 is 0 Å². The molecule has 0 N–H and O–H groups in total. The third kappa shape index (κ3) is 24.1. The minimum Gasteiger partial charge on any atom is -0.235 e. The number of aromatic nitrogens is 4. The largest absolute Gasteiger partial charge is 0.256 e. The van der Waals surface area contributed by atoms with Crippen molar-refractivity contribution in [1.82, 2.24) is 9.13 Å². The first kappa shape index (κ1) is 48.6. The summed E-state index contributed by atoms with van der Waals surface area (Å²) in [5, 5.41) is 0. The van der Waals surface area contributed by atoms with Crippen LogP contribution in [0, 0.1) is 0 Å². The van der Waals surface area contributed by atoms with Crippen LogP contribution in [0.5, 0.6) is 0 Å². The summed E-state index contributed by atoms with van der Waals surface area (Å²) >= 11 is 0. The standard InChI is InChI=1S/C50H96N4/c1-5-9-11-13-15-17-19-21-23-25-27-29-31-33-37-41-49-51(7-3)45-47-53(49)43-39-35-36-40-44-54-48-46-52(8-4)50(54)42-38-34-32-30-28-26-24-22-20-18-16-14-12-10-6-2/h45-48H,5-44H2,1-4H3/q+2. The monoisotopic (exact) mass is 753 g/mol. The first-order chi connectivity index (χ1) is 26.7. The molecule has 0 amide bonds. The lowest BCUT2D eigenvalue weighted by atomic mass is 10.0. The smallest absolute Gasteiger partial charge is 0.235 e. The number of hydrogen-bond acceptors (Lipinski definition) is 0. The van der Waals surface area contributed by atoms with Gasteiger partial charge in [0.15, 0.2) is 0 Å². The van der Waals surface area contributed by atoms with Gasteiger partial charge in [0.2, 0.25) is 0 Å². The second-order valence-electron chi connectivity index (χ2n) is 17.2. The fourth-order valence-corrected chi connectivity index (χ4v) is 8.78. The third-order valence-electron chi connectivity index (χ3n) is 12.4. The van der Waals surface area contributed by atoms with Crippen molar-refractivity contribution in [2.45, 2.75) is 285 Å². The van der Waals surface area contributed by atoms with Gasteiger partial charge >= 0.3 is 0 Å². The lowest BCUT2D eigenvalue weighted by Gasteiger charge is -2.06. The molecule has 2 heterocycles. The van der Waals surface area contributed by atoms with Crippen LogP contribution < -0.4 is 9.13 Å². The van der Waals surface area contributed by atoms with E-state index in [0.29, 0.717) is 0 Å². The number of aryl methyl sites for hydroxylation is 4. The summed E-state index contributed by atoms with van der Waals surface area (Å²) in [6.45, 7) is 13.8. The Kier molecular flexibility index (Phi) is 32.2. The molecule has 54 heavy (non-hydrogen) atoms. The van der Waals surface area contributed by atoms with Gasteiger partial charge in [-0.05, 0) is 52.4 Å². The van der Waals surface area contributed by atoms with Crippen LogP contribution in [0.2, 0.25) is 0 Å². The molecule has 0 unspecified atom stereocenters. The molecule has 4 nitrogen and oxygen atoms in total. The zero-order chi connectivity index (χ0) is 38.6. The molecule has 2 aromatic rings. The maximum absolute atomic E-state index is 2.58. The van der Waals surface area contributed by atoms with Gasteiger partial charge in [-0.3, -0.25) is 0 Å². The van der Waals surface area contributed by atoms with Gasteiger partial charge in [-0.1, -0.05) is 194 Å². The van der Waals surface area contributed by atoms with E-state index in [0.717, 1.165) is 13.1 Å². The van der Waals surface area contributed by atoms with E-state index in [-0.39, 0.29) is 0 Å². The van der Waals surface area contributed by atoms with Gasteiger partial charge in [-0.15, -0.1) is 0 Å². The summed E-state index contributed by atoms with van der Waals surface area (Å²) in [6.07, 6.45) is 60.3. The number of imidazole rings is 2. The zero-order valence-electron chi connectivity index (χ0n) is 37.4. The van der Waals surface area contributed by atoms with Crippen molar-refractivity contribution in [1.29, 1.82) is 0 Å². The van der Waals surface area contributed by atoms with E-state index in [2.05, 4.69) is 70.8 Å². The molecule has 2 rings (SSSR count). The van der Waals surface area contributed by atoms with E-state index in [1.54, 1.807) is 11.6 Å². The summed E-state index contributed by atoms with van der Waals surface area (Å²) < 4.78 is 10.2. The predicted molar refractivity (Wildman–Crippen MR) is 236 cm³/mol. The Morgan fingerprint density at radius 1 is 0.315 bits per heavy atom. The maximum Gasteiger partial charge on any atom is 0.256 e. The first-order valence-corrected chi connectivity index (χ1v) is 24.9. The topological polar surface area (TPSA) is 17.6 Å². The van der Waals surface area contributed by atoms with E-state index >= 15 is 0 Å². The van der Waals surface area contributed by atoms with Crippen LogP contribution in [0.1, 0.15) is 258 Å². The lowest BCUT2D eigenvalue weighted by Crippen LogP contribution is -2.38. The highest BCUT2D eigenvalue weighted by molar-refractivity contribution is 4.85. The molecule has 314 valence electrons. The minimum absolute atomic E-state index is 1.09. The molecule has 0 fully saturated rings. The number of hydrogen-bond donors (Lipinski definition) is 0. The Morgan fingerprint density at radius 2 is 0.556 bits per heavy atom. The van der Waals surface area contributed by atoms with Crippen molar-refractivity contribution in [3.63, 3.8) is 0 Å². The highest BCUT2D eigenvalue weighted by atomic mass is 15.1. The Labute approximate surface area is 338 Å². The van der Waals surface area contributed by atoms with Gasteiger partial charge in [0.25, 0.3) is 11.6 Å². The molecule has 2 aromatic heterocycles. The number of nitrogens with zero attached hydrogens (tertiary/aromatic N) is 4. The molecule has 4 heteroatoms. The third-order valence-corrected chi connectivity index (χ3v) is 12.4. The molecule has 0 aliphatic heterocycles. The Bertz CT molecular complexity index is 983. The second-order valence-corrected chi connectivity index (χ2v) is 17.2. The van der Waals surface area contributed by atoms with Crippen LogP contribution in [0.15, 0.2) is 24.8 Å².